The average molecular weight is 134 g/mol. The molecule has 0 heterocycles. The normalized spacial score (nSPS) is 6.22. The van der Waals surface area contributed by atoms with E-state index in [0.29, 0.717) is 0 Å². The van der Waals surface area contributed by atoms with Crippen molar-refractivity contribution >= 4 is 12.3 Å². The molecule has 0 atom stereocenters. The summed E-state index contributed by atoms with van der Waals surface area (Å²) in [5, 5.41) is 15.0. The van der Waals surface area contributed by atoms with Gasteiger partial charge in [-0.05, 0) is 0 Å². The monoisotopic (exact) mass is 134 g/mol. The van der Waals surface area contributed by atoms with Crippen LogP contribution < -0.4 is 0 Å². The minimum atomic E-state index is -1.81. The van der Waals surface area contributed by atoms with Gasteiger partial charge in [0.1, 0.15) is 0 Å². The number of ether oxygens (including phenoxy) is 1. The molecule has 9 heavy (non-hydrogen) atoms. The molecule has 0 radical (unpaired) electrons. The highest BCUT2D eigenvalue weighted by Gasteiger charge is 2.01. The van der Waals surface area contributed by atoms with Crippen molar-refractivity contribution in [2.75, 3.05) is 0 Å². The van der Waals surface area contributed by atoms with E-state index < -0.39 is 12.3 Å². The summed E-state index contributed by atoms with van der Waals surface area (Å²) >= 11 is 0. The summed E-state index contributed by atoms with van der Waals surface area (Å²) in [7, 11) is 0. The molecule has 0 saturated heterocycles. The Labute approximate surface area is 51.2 Å². The first-order chi connectivity index (χ1) is 4.13. The molecule has 0 aliphatic carbocycles. The van der Waals surface area contributed by atoms with E-state index in [4.69, 9.17) is 10.2 Å². The van der Waals surface area contributed by atoms with Crippen LogP contribution in [0, 0.1) is 0 Å². The third kappa shape index (κ3) is 21.1. The summed E-state index contributed by atoms with van der Waals surface area (Å²) < 4.78 is 3.08. The summed E-state index contributed by atoms with van der Waals surface area (Å²) in [6, 6.07) is 0. The maximum atomic E-state index is 9.21. The van der Waals surface area contributed by atoms with Crippen molar-refractivity contribution in [2.45, 2.75) is 0 Å². The van der Waals surface area contributed by atoms with E-state index in [1.165, 1.54) is 0 Å². The zero-order chi connectivity index (χ0) is 7.86. The topological polar surface area (TPSA) is 83.8 Å². The quantitative estimate of drug-likeness (QED) is 0.295. The second kappa shape index (κ2) is 6.48. The Morgan fingerprint density at radius 2 is 1.33 bits per heavy atom. The molecule has 0 aromatic heterocycles. The van der Waals surface area contributed by atoms with E-state index >= 15 is 0 Å². The summed E-state index contributed by atoms with van der Waals surface area (Å²) in [5.74, 6) is 0. The lowest BCUT2D eigenvalue weighted by Crippen LogP contribution is -2.05. The van der Waals surface area contributed by atoms with Gasteiger partial charge in [-0.3, -0.25) is 0 Å². The molecule has 52 valence electrons. The average Bonchev–Trinajstić information content (AvgIpc) is 1.68. The molecule has 0 rings (SSSR count). The van der Waals surface area contributed by atoms with Gasteiger partial charge in [0.15, 0.2) is 0 Å². The number of carbonyl (C=O) groups is 2. The van der Waals surface area contributed by atoms with Crippen LogP contribution in [0.5, 0.6) is 0 Å². The number of hydrogen-bond acceptors (Lipinski definition) is 3. The van der Waals surface area contributed by atoms with Gasteiger partial charge in [0, 0.05) is 0 Å². The summed E-state index contributed by atoms with van der Waals surface area (Å²) in [6.07, 6.45) is -3.62. The predicted octanol–water partition coefficient (Wildman–Crippen LogP) is 1.16. The van der Waals surface area contributed by atoms with Gasteiger partial charge in [0.25, 0.3) is 0 Å². The van der Waals surface area contributed by atoms with Crippen molar-refractivity contribution in [3.05, 3.63) is 13.2 Å². The lowest BCUT2D eigenvalue weighted by Gasteiger charge is -1.84. The molecule has 0 aromatic carbocycles. The molecule has 0 saturated carbocycles. The zero-order valence-corrected chi connectivity index (χ0v) is 4.53. The Bertz CT molecular complexity index is 95.5. The van der Waals surface area contributed by atoms with Crippen LogP contribution in [-0.4, -0.2) is 22.5 Å². The molecule has 5 nitrogen and oxygen atoms in total. The van der Waals surface area contributed by atoms with E-state index in [1.54, 1.807) is 0 Å². The molecule has 0 amide bonds. The van der Waals surface area contributed by atoms with Crippen molar-refractivity contribution in [3.8, 4) is 0 Å². The molecule has 0 unspecified atom stereocenters. The van der Waals surface area contributed by atoms with Crippen LogP contribution in [0.25, 0.3) is 0 Å². The fourth-order valence-corrected chi connectivity index (χ4v) is 0.0747. The number of hydrogen-bond donors (Lipinski definition) is 2. The Balaban J connectivity index is 0. The molecule has 0 aliphatic heterocycles. The third-order valence-corrected chi connectivity index (χ3v) is 0.175. The van der Waals surface area contributed by atoms with Crippen LogP contribution in [0.15, 0.2) is 13.2 Å². The van der Waals surface area contributed by atoms with Crippen molar-refractivity contribution in [1.29, 1.82) is 0 Å². The lowest BCUT2D eigenvalue weighted by molar-refractivity contribution is 0.0802. The first-order valence-electron chi connectivity index (χ1n) is 1.76. The molecule has 0 bridgehead atoms. The fourth-order valence-electron chi connectivity index (χ4n) is 0.0747. The minimum Gasteiger partial charge on any atom is -0.449 e. The van der Waals surface area contributed by atoms with Gasteiger partial charge < -0.3 is 14.9 Å². The van der Waals surface area contributed by atoms with Crippen molar-refractivity contribution < 1.29 is 24.5 Å². The smallest absolute Gasteiger partial charge is 0.449 e. The molecular formula is C4H6O5. The van der Waals surface area contributed by atoms with E-state index in [9.17, 15) is 9.59 Å². The highest BCUT2D eigenvalue weighted by molar-refractivity contribution is 5.74. The van der Waals surface area contributed by atoms with Crippen molar-refractivity contribution in [2.24, 2.45) is 0 Å². The molecule has 0 fully saturated rings. The Kier molecular flexibility index (Phi) is 7.53. The van der Waals surface area contributed by atoms with Crippen LogP contribution in [0.1, 0.15) is 0 Å². The molecular weight excluding hydrogens is 128 g/mol. The highest BCUT2D eigenvalue weighted by Crippen LogP contribution is 1.73. The molecule has 0 spiro atoms. The summed E-state index contributed by atoms with van der Waals surface area (Å²) in [6.45, 7) is 6.00. The Morgan fingerprint density at radius 1 is 1.11 bits per heavy atom. The maximum absolute atomic E-state index is 9.21. The van der Waals surface area contributed by atoms with Crippen LogP contribution >= 0.6 is 0 Å². The van der Waals surface area contributed by atoms with Crippen LogP contribution in [-0.2, 0) is 4.74 Å². The van der Waals surface area contributed by atoms with Gasteiger partial charge >= 0.3 is 12.3 Å². The second-order valence-electron chi connectivity index (χ2n) is 0.634. The van der Waals surface area contributed by atoms with Gasteiger partial charge in [0.05, 0.1) is 0 Å². The number of carboxylic acid groups (broad SMARTS) is 2. The third-order valence-electron chi connectivity index (χ3n) is 0.175. The number of rotatable bonds is 0. The van der Waals surface area contributed by atoms with E-state index in [-0.39, 0.29) is 0 Å². The van der Waals surface area contributed by atoms with Crippen LogP contribution in [0.2, 0.25) is 0 Å². The van der Waals surface area contributed by atoms with Crippen LogP contribution in [0.3, 0.4) is 0 Å². The minimum absolute atomic E-state index is 1.81. The second-order valence-corrected chi connectivity index (χ2v) is 0.634. The predicted molar refractivity (Wildman–Crippen MR) is 28.4 cm³/mol. The maximum Gasteiger partial charge on any atom is 0.516 e. The molecule has 0 aromatic rings. The standard InChI is InChI=1S/C2H2O5.C2H4/c3-1(4)7-2(5)6;1-2/h(H,3,4)(H,5,6);1-2H2. The van der Waals surface area contributed by atoms with E-state index in [0.717, 1.165) is 0 Å². The van der Waals surface area contributed by atoms with Gasteiger partial charge in [-0.1, -0.05) is 0 Å². The van der Waals surface area contributed by atoms with Gasteiger partial charge in [-0.25, -0.2) is 9.59 Å². The largest absolute Gasteiger partial charge is 0.516 e. The first kappa shape index (κ1) is 10.5. The molecule has 0 aliphatic rings. The van der Waals surface area contributed by atoms with Gasteiger partial charge in [-0.2, -0.15) is 0 Å². The fraction of sp³-hybridized carbons (Fsp3) is 0. The summed E-state index contributed by atoms with van der Waals surface area (Å²) in [5.41, 5.74) is 0. The summed E-state index contributed by atoms with van der Waals surface area (Å²) in [4.78, 5) is 18.4. The SMILES string of the molecule is C=C.O=C(O)OC(=O)O. The van der Waals surface area contributed by atoms with Gasteiger partial charge in [-0.15, -0.1) is 13.2 Å². The van der Waals surface area contributed by atoms with Crippen molar-refractivity contribution in [3.63, 3.8) is 0 Å². The van der Waals surface area contributed by atoms with E-state index in [2.05, 4.69) is 17.9 Å². The Hall–Kier alpha value is -1.52. The zero-order valence-electron chi connectivity index (χ0n) is 4.53. The Morgan fingerprint density at radius 3 is 1.33 bits per heavy atom. The lowest BCUT2D eigenvalue weighted by atomic mass is 11.3. The first-order valence-corrected chi connectivity index (χ1v) is 1.76. The van der Waals surface area contributed by atoms with Crippen LogP contribution in [0.4, 0.5) is 9.59 Å². The van der Waals surface area contributed by atoms with Crippen molar-refractivity contribution in [1.82, 2.24) is 0 Å². The molecule has 2 N–H and O–H groups in total. The highest BCUT2D eigenvalue weighted by atomic mass is 16.7. The van der Waals surface area contributed by atoms with E-state index in [1.807, 2.05) is 0 Å². The van der Waals surface area contributed by atoms with Gasteiger partial charge in [0.2, 0.25) is 0 Å². The molecule has 5 heteroatoms.